The highest BCUT2D eigenvalue weighted by atomic mass is 16.5. The number of nitrogens with zero attached hydrogens (tertiary/aromatic N) is 3. The number of rotatable bonds is 9. The van der Waals surface area contributed by atoms with Crippen molar-refractivity contribution < 1.29 is 19.1 Å². The molecule has 0 radical (unpaired) electrons. The Balaban J connectivity index is 1.48. The van der Waals surface area contributed by atoms with Crippen molar-refractivity contribution in [1.29, 1.82) is 0 Å². The van der Waals surface area contributed by atoms with Gasteiger partial charge < -0.3 is 20.3 Å². The highest BCUT2D eigenvalue weighted by Crippen LogP contribution is 2.15. The van der Waals surface area contributed by atoms with Gasteiger partial charge in [0.2, 0.25) is 5.91 Å². The van der Waals surface area contributed by atoms with Gasteiger partial charge in [-0.3, -0.25) is 24.3 Å². The van der Waals surface area contributed by atoms with Crippen molar-refractivity contribution in [3.63, 3.8) is 0 Å². The molecule has 1 aromatic heterocycles. The van der Waals surface area contributed by atoms with Gasteiger partial charge in [-0.2, -0.15) is 0 Å². The molecule has 2 N–H and O–H groups in total. The number of amides is 3. The van der Waals surface area contributed by atoms with Gasteiger partial charge in [-0.15, -0.1) is 0 Å². The van der Waals surface area contributed by atoms with Crippen LogP contribution in [-0.4, -0.2) is 85.5 Å². The first-order chi connectivity index (χ1) is 15.6. The summed E-state index contributed by atoms with van der Waals surface area (Å²) in [5.41, 5.74) is 1.51. The van der Waals surface area contributed by atoms with E-state index in [2.05, 4.69) is 15.6 Å². The van der Waals surface area contributed by atoms with Crippen molar-refractivity contribution in [1.82, 2.24) is 20.1 Å². The van der Waals surface area contributed by atoms with Crippen LogP contribution in [0.4, 0.5) is 5.69 Å². The molecule has 1 aliphatic heterocycles. The summed E-state index contributed by atoms with van der Waals surface area (Å²) in [5.74, 6) is -0.388. The van der Waals surface area contributed by atoms with Crippen LogP contribution in [0.25, 0.3) is 0 Å². The predicted molar refractivity (Wildman–Crippen MR) is 120 cm³/mol. The molecule has 2 aromatic rings. The maximum Gasteiger partial charge on any atom is 0.257 e. The first kappa shape index (κ1) is 23.4. The van der Waals surface area contributed by atoms with E-state index in [-0.39, 0.29) is 17.7 Å². The highest BCUT2D eigenvalue weighted by Gasteiger charge is 2.23. The average Bonchev–Trinajstić information content (AvgIpc) is 2.82. The topological polar surface area (TPSA) is 104 Å². The summed E-state index contributed by atoms with van der Waals surface area (Å²) >= 11 is 0. The van der Waals surface area contributed by atoms with E-state index in [1.54, 1.807) is 54.6 Å². The third-order valence-electron chi connectivity index (χ3n) is 5.17. The number of piperazine rings is 1. The Kier molecular flexibility index (Phi) is 8.70. The number of carbonyl (C=O) groups is 3. The summed E-state index contributed by atoms with van der Waals surface area (Å²) in [6.45, 7) is 3.90. The smallest absolute Gasteiger partial charge is 0.257 e. The first-order valence-corrected chi connectivity index (χ1v) is 10.7. The first-order valence-electron chi connectivity index (χ1n) is 10.7. The largest absolute Gasteiger partial charge is 0.385 e. The van der Waals surface area contributed by atoms with Gasteiger partial charge in [0.1, 0.15) is 0 Å². The van der Waals surface area contributed by atoms with Gasteiger partial charge in [0.15, 0.2) is 0 Å². The van der Waals surface area contributed by atoms with Gasteiger partial charge in [0.05, 0.1) is 12.1 Å². The Morgan fingerprint density at radius 2 is 1.84 bits per heavy atom. The van der Waals surface area contributed by atoms with E-state index in [0.29, 0.717) is 62.7 Å². The minimum Gasteiger partial charge on any atom is -0.385 e. The summed E-state index contributed by atoms with van der Waals surface area (Å²) in [6.07, 6.45) is 3.88. The molecule has 9 heteroatoms. The third kappa shape index (κ3) is 6.86. The van der Waals surface area contributed by atoms with Crippen LogP contribution in [-0.2, 0) is 9.53 Å². The Hall–Kier alpha value is -3.30. The summed E-state index contributed by atoms with van der Waals surface area (Å²) in [4.78, 5) is 45.0. The van der Waals surface area contributed by atoms with Crippen molar-refractivity contribution in [3.8, 4) is 0 Å². The van der Waals surface area contributed by atoms with Gasteiger partial charge >= 0.3 is 0 Å². The lowest BCUT2D eigenvalue weighted by Crippen LogP contribution is -2.51. The van der Waals surface area contributed by atoms with Crippen molar-refractivity contribution in [2.45, 2.75) is 6.42 Å². The van der Waals surface area contributed by atoms with E-state index in [1.165, 1.54) is 6.20 Å². The molecule has 3 rings (SSSR count). The zero-order valence-corrected chi connectivity index (χ0v) is 18.3. The Bertz CT molecular complexity index is 914. The molecule has 0 spiro atoms. The molecule has 0 unspecified atom stereocenters. The lowest BCUT2D eigenvalue weighted by Gasteiger charge is -2.34. The fraction of sp³-hybridized carbons (Fsp3) is 0.391. The summed E-state index contributed by atoms with van der Waals surface area (Å²) in [5, 5.41) is 5.68. The quantitative estimate of drug-likeness (QED) is 0.570. The molecule has 0 bridgehead atoms. The number of benzene rings is 1. The van der Waals surface area contributed by atoms with Crippen LogP contribution in [0.3, 0.4) is 0 Å². The summed E-state index contributed by atoms with van der Waals surface area (Å²) in [6, 6.07) is 10.3. The molecule has 0 saturated carbocycles. The predicted octanol–water partition coefficient (Wildman–Crippen LogP) is 1.24. The number of carbonyl (C=O) groups excluding carboxylic acids is 3. The molecule has 1 saturated heterocycles. The third-order valence-corrected chi connectivity index (χ3v) is 5.17. The van der Waals surface area contributed by atoms with E-state index in [1.807, 2.05) is 4.90 Å². The molecular weight excluding hydrogens is 410 g/mol. The lowest BCUT2D eigenvalue weighted by atomic mass is 10.1. The minimum atomic E-state index is -0.281. The molecular formula is C23H29N5O4. The lowest BCUT2D eigenvalue weighted by molar-refractivity contribution is -0.122. The standard InChI is InChI=1S/C23H29N5O4/c1-32-14-4-9-25-21(29)17-27-10-12-28(13-11-27)23(31)18-5-2-7-20(15-18)26-22(30)19-6-3-8-24-16-19/h2-3,5-8,15-16H,4,9-14,17H2,1H3,(H,25,29)(H,26,30). The molecule has 32 heavy (non-hydrogen) atoms. The van der Waals surface area contributed by atoms with E-state index in [0.717, 1.165) is 6.42 Å². The number of aromatic nitrogens is 1. The van der Waals surface area contributed by atoms with Crippen molar-refractivity contribution in [3.05, 3.63) is 59.9 Å². The van der Waals surface area contributed by atoms with Crippen LogP contribution < -0.4 is 10.6 Å². The fourth-order valence-electron chi connectivity index (χ4n) is 3.43. The molecule has 1 fully saturated rings. The van der Waals surface area contributed by atoms with Gasteiger partial charge in [-0.05, 0) is 36.8 Å². The number of hydrogen-bond donors (Lipinski definition) is 2. The average molecular weight is 440 g/mol. The highest BCUT2D eigenvalue weighted by molar-refractivity contribution is 6.05. The molecule has 9 nitrogen and oxygen atoms in total. The fourth-order valence-corrected chi connectivity index (χ4v) is 3.43. The van der Waals surface area contributed by atoms with E-state index in [4.69, 9.17) is 4.74 Å². The molecule has 1 aliphatic rings. The van der Waals surface area contributed by atoms with E-state index in [9.17, 15) is 14.4 Å². The van der Waals surface area contributed by atoms with Gasteiger partial charge in [-0.25, -0.2) is 0 Å². The van der Waals surface area contributed by atoms with Gasteiger partial charge in [-0.1, -0.05) is 6.07 Å². The van der Waals surface area contributed by atoms with Crippen LogP contribution >= 0.6 is 0 Å². The second-order valence-electron chi connectivity index (χ2n) is 7.54. The Labute approximate surface area is 187 Å². The second kappa shape index (κ2) is 11.9. The van der Waals surface area contributed by atoms with Crippen LogP contribution in [0.15, 0.2) is 48.8 Å². The minimum absolute atomic E-state index is 0.0158. The molecule has 2 heterocycles. The molecule has 0 atom stereocenters. The van der Waals surface area contributed by atoms with Crippen molar-refractivity contribution >= 4 is 23.4 Å². The van der Waals surface area contributed by atoms with Crippen LogP contribution in [0.5, 0.6) is 0 Å². The molecule has 170 valence electrons. The van der Waals surface area contributed by atoms with Gasteiger partial charge in [0.25, 0.3) is 11.8 Å². The summed E-state index contributed by atoms with van der Waals surface area (Å²) < 4.78 is 4.97. The molecule has 1 aromatic carbocycles. The molecule has 0 aliphatic carbocycles. The zero-order valence-electron chi connectivity index (χ0n) is 18.3. The number of nitrogens with one attached hydrogen (secondary N) is 2. The summed E-state index contributed by atoms with van der Waals surface area (Å²) in [7, 11) is 1.64. The zero-order chi connectivity index (χ0) is 22.8. The normalized spacial score (nSPS) is 14.1. The maximum absolute atomic E-state index is 12.9. The SMILES string of the molecule is COCCCNC(=O)CN1CCN(C(=O)c2cccc(NC(=O)c3cccnc3)c2)CC1. The van der Waals surface area contributed by atoms with E-state index >= 15 is 0 Å². The van der Waals surface area contributed by atoms with Crippen molar-refractivity contribution in [2.24, 2.45) is 0 Å². The van der Waals surface area contributed by atoms with Crippen molar-refractivity contribution in [2.75, 3.05) is 58.3 Å². The Morgan fingerprint density at radius 3 is 2.56 bits per heavy atom. The van der Waals surface area contributed by atoms with Gasteiger partial charge in [0, 0.05) is 70.1 Å². The number of anilines is 1. The second-order valence-corrected chi connectivity index (χ2v) is 7.54. The van der Waals surface area contributed by atoms with E-state index < -0.39 is 0 Å². The van der Waals surface area contributed by atoms with Crippen LogP contribution in [0, 0.1) is 0 Å². The number of ether oxygens (including phenoxy) is 1. The maximum atomic E-state index is 12.9. The molecule has 3 amide bonds. The number of hydrogen-bond acceptors (Lipinski definition) is 6. The van der Waals surface area contributed by atoms with Crippen LogP contribution in [0.2, 0.25) is 0 Å². The number of pyridine rings is 1. The number of methoxy groups -OCH3 is 1. The van der Waals surface area contributed by atoms with Crippen LogP contribution in [0.1, 0.15) is 27.1 Å². The monoisotopic (exact) mass is 439 g/mol. The Morgan fingerprint density at radius 1 is 1.06 bits per heavy atom.